The summed E-state index contributed by atoms with van der Waals surface area (Å²) in [7, 11) is 0. The molecule has 1 heterocycles. The third kappa shape index (κ3) is 1.39. The largest absolute Gasteiger partial charge is 0.353 e. The van der Waals surface area contributed by atoms with Crippen molar-refractivity contribution in [1.29, 1.82) is 0 Å². The van der Waals surface area contributed by atoms with Crippen LogP contribution in [0.4, 0.5) is 0 Å². The average Bonchev–Trinajstić information content (AvgIpc) is 2.67. The average molecular weight is 155 g/mol. The predicted molar refractivity (Wildman–Crippen MR) is 45.2 cm³/mol. The van der Waals surface area contributed by atoms with Gasteiger partial charge in [0.25, 0.3) is 0 Å². The minimum Gasteiger partial charge on any atom is -0.353 e. The van der Waals surface area contributed by atoms with Crippen molar-refractivity contribution in [2.45, 2.75) is 46.1 Å². The van der Waals surface area contributed by atoms with Gasteiger partial charge in [0, 0.05) is 6.04 Å². The van der Waals surface area contributed by atoms with Crippen molar-refractivity contribution in [3.8, 4) is 0 Å². The van der Waals surface area contributed by atoms with Crippen LogP contribution in [0.3, 0.4) is 0 Å². The third-order valence-corrected chi connectivity index (χ3v) is 2.41. The molecule has 2 heteroatoms. The maximum Gasteiger partial charge on any atom is 0.226 e. The maximum absolute atomic E-state index is 11.1. The first-order valence-electron chi connectivity index (χ1n) is 4.54. The molecule has 1 saturated heterocycles. The van der Waals surface area contributed by atoms with E-state index >= 15 is 0 Å². The van der Waals surface area contributed by atoms with E-state index in [1.807, 2.05) is 13.8 Å². The summed E-state index contributed by atoms with van der Waals surface area (Å²) in [5.41, 5.74) is 0.124. The standard InChI is InChI=1S/C7H11NO.C2H6/c1-5-4-7(2-3-7)6(9)8-5;1-2/h5H,2-4H2,1H3,(H,8,9);1-2H3. The van der Waals surface area contributed by atoms with Crippen molar-refractivity contribution in [1.82, 2.24) is 5.32 Å². The van der Waals surface area contributed by atoms with Gasteiger partial charge in [-0.3, -0.25) is 4.79 Å². The van der Waals surface area contributed by atoms with E-state index in [0.717, 1.165) is 19.3 Å². The monoisotopic (exact) mass is 155 g/mol. The lowest BCUT2D eigenvalue weighted by Gasteiger charge is -1.96. The van der Waals surface area contributed by atoms with Gasteiger partial charge in [-0.05, 0) is 26.2 Å². The second kappa shape index (κ2) is 2.84. The Morgan fingerprint density at radius 2 is 2.00 bits per heavy atom. The van der Waals surface area contributed by atoms with Gasteiger partial charge in [-0.2, -0.15) is 0 Å². The fraction of sp³-hybridized carbons (Fsp3) is 0.889. The molecule has 0 aromatic carbocycles. The molecule has 0 aromatic rings. The number of carbonyl (C=O) groups is 1. The number of hydrogen-bond donors (Lipinski definition) is 1. The molecular formula is C9H17NO. The van der Waals surface area contributed by atoms with Gasteiger partial charge >= 0.3 is 0 Å². The Hall–Kier alpha value is -0.530. The first-order valence-corrected chi connectivity index (χ1v) is 4.54. The lowest BCUT2D eigenvalue weighted by Crippen LogP contribution is -2.24. The molecule has 2 rings (SSSR count). The number of rotatable bonds is 0. The maximum atomic E-state index is 11.1. The minimum absolute atomic E-state index is 0.124. The van der Waals surface area contributed by atoms with Crippen LogP contribution in [0, 0.1) is 5.41 Å². The van der Waals surface area contributed by atoms with Crippen molar-refractivity contribution in [3.63, 3.8) is 0 Å². The Bertz CT molecular complexity index is 161. The fourth-order valence-corrected chi connectivity index (χ4v) is 1.69. The summed E-state index contributed by atoms with van der Waals surface area (Å²) in [6.45, 7) is 6.07. The Balaban J connectivity index is 0.000000281. The molecule has 64 valence electrons. The topological polar surface area (TPSA) is 29.1 Å². The van der Waals surface area contributed by atoms with Gasteiger partial charge in [0.15, 0.2) is 0 Å². The predicted octanol–water partition coefficient (Wildman–Crippen LogP) is 1.70. The van der Waals surface area contributed by atoms with Crippen molar-refractivity contribution in [2.24, 2.45) is 5.41 Å². The van der Waals surface area contributed by atoms with Crippen LogP contribution >= 0.6 is 0 Å². The van der Waals surface area contributed by atoms with Gasteiger partial charge in [-0.15, -0.1) is 0 Å². The molecule has 0 radical (unpaired) electrons. The van der Waals surface area contributed by atoms with E-state index in [1.54, 1.807) is 0 Å². The molecule has 1 aliphatic carbocycles. The summed E-state index contributed by atoms with van der Waals surface area (Å²) in [6.07, 6.45) is 3.33. The van der Waals surface area contributed by atoms with Crippen molar-refractivity contribution in [3.05, 3.63) is 0 Å². The molecule has 1 amide bonds. The molecule has 1 spiro atoms. The van der Waals surface area contributed by atoms with Crippen LogP contribution in [-0.4, -0.2) is 11.9 Å². The third-order valence-electron chi connectivity index (χ3n) is 2.41. The van der Waals surface area contributed by atoms with E-state index in [4.69, 9.17) is 0 Å². The number of nitrogens with one attached hydrogen (secondary N) is 1. The van der Waals surface area contributed by atoms with E-state index in [-0.39, 0.29) is 5.41 Å². The van der Waals surface area contributed by atoms with Crippen molar-refractivity contribution < 1.29 is 4.79 Å². The van der Waals surface area contributed by atoms with Gasteiger partial charge < -0.3 is 5.32 Å². The van der Waals surface area contributed by atoms with E-state index in [9.17, 15) is 4.79 Å². The Labute approximate surface area is 68.4 Å². The number of hydrogen-bond acceptors (Lipinski definition) is 1. The Morgan fingerprint density at radius 1 is 1.45 bits per heavy atom. The molecule has 1 atom stereocenters. The van der Waals surface area contributed by atoms with Gasteiger partial charge in [-0.1, -0.05) is 13.8 Å². The quantitative estimate of drug-likeness (QED) is 0.567. The molecule has 1 aliphatic heterocycles. The summed E-state index contributed by atoms with van der Waals surface area (Å²) in [6, 6.07) is 0.431. The summed E-state index contributed by atoms with van der Waals surface area (Å²) in [4.78, 5) is 11.1. The van der Waals surface area contributed by atoms with Crippen LogP contribution in [0.5, 0.6) is 0 Å². The smallest absolute Gasteiger partial charge is 0.226 e. The molecule has 0 bridgehead atoms. The first kappa shape index (κ1) is 8.57. The van der Waals surface area contributed by atoms with E-state index in [1.165, 1.54) is 0 Å². The Morgan fingerprint density at radius 3 is 2.18 bits per heavy atom. The van der Waals surface area contributed by atoms with Crippen LogP contribution in [0.25, 0.3) is 0 Å². The van der Waals surface area contributed by atoms with Crippen LogP contribution in [0.2, 0.25) is 0 Å². The fourth-order valence-electron chi connectivity index (χ4n) is 1.69. The number of amides is 1. The second-order valence-electron chi connectivity index (χ2n) is 3.36. The SMILES string of the molecule is CC.CC1CC2(CC2)C(=O)N1. The van der Waals surface area contributed by atoms with Crippen LogP contribution in [0.1, 0.15) is 40.0 Å². The molecule has 2 aliphatic rings. The summed E-state index contributed by atoms with van der Waals surface area (Å²) >= 11 is 0. The highest BCUT2D eigenvalue weighted by molar-refractivity contribution is 5.87. The van der Waals surface area contributed by atoms with Gasteiger partial charge in [0.1, 0.15) is 0 Å². The molecule has 0 aromatic heterocycles. The lowest BCUT2D eigenvalue weighted by atomic mass is 10.0. The second-order valence-corrected chi connectivity index (χ2v) is 3.36. The zero-order valence-electron chi connectivity index (χ0n) is 7.61. The molecule has 2 nitrogen and oxygen atoms in total. The summed E-state index contributed by atoms with van der Waals surface area (Å²) in [5.74, 6) is 0.301. The van der Waals surface area contributed by atoms with Crippen LogP contribution < -0.4 is 5.32 Å². The molecule has 1 unspecified atom stereocenters. The van der Waals surface area contributed by atoms with Crippen LogP contribution in [0.15, 0.2) is 0 Å². The van der Waals surface area contributed by atoms with Gasteiger partial charge in [0.05, 0.1) is 5.41 Å². The first-order chi connectivity index (χ1) is 5.23. The number of carbonyl (C=O) groups excluding carboxylic acids is 1. The van der Waals surface area contributed by atoms with E-state index in [2.05, 4.69) is 12.2 Å². The molecule has 11 heavy (non-hydrogen) atoms. The molecular weight excluding hydrogens is 138 g/mol. The van der Waals surface area contributed by atoms with Crippen molar-refractivity contribution >= 4 is 5.91 Å². The zero-order valence-corrected chi connectivity index (χ0v) is 7.61. The summed E-state index contributed by atoms with van der Waals surface area (Å²) < 4.78 is 0. The summed E-state index contributed by atoms with van der Waals surface area (Å²) in [5, 5.41) is 2.93. The highest BCUT2D eigenvalue weighted by Crippen LogP contribution is 2.52. The van der Waals surface area contributed by atoms with E-state index in [0.29, 0.717) is 11.9 Å². The lowest BCUT2D eigenvalue weighted by molar-refractivity contribution is -0.123. The van der Waals surface area contributed by atoms with Crippen LogP contribution in [-0.2, 0) is 4.79 Å². The van der Waals surface area contributed by atoms with E-state index < -0.39 is 0 Å². The normalized spacial score (nSPS) is 30.8. The van der Waals surface area contributed by atoms with Crippen molar-refractivity contribution in [2.75, 3.05) is 0 Å². The van der Waals surface area contributed by atoms with Gasteiger partial charge in [0.2, 0.25) is 5.91 Å². The highest BCUT2D eigenvalue weighted by atomic mass is 16.2. The Kier molecular flexibility index (Phi) is 2.21. The minimum atomic E-state index is 0.124. The molecule has 1 N–H and O–H groups in total. The molecule has 2 fully saturated rings. The van der Waals surface area contributed by atoms with Gasteiger partial charge in [-0.25, -0.2) is 0 Å². The zero-order chi connectivity index (χ0) is 8.48. The molecule has 1 saturated carbocycles. The highest BCUT2D eigenvalue weighted by Gasteiger charge is 2.54.